The number of allylic oxidation sites excluding steroid dienone is 1. The second kappa shape index (κ2) is 7.23. The highest BCUT2D eigenvalue weighted by Gasteiger charge is 2.64. The van der Waals surface area contributed by atoms with E-state index in [1.54, 1.807) is 24.3 Å². The number of aldehydes is 1. The number of hydrogen-bond donors (Lipinski definition) is 0. The maximum Gasteiger partial charge on any atom is 0.471 e. The first-order chi connectivity index (χ1) is 13.8. The Kier molecular flexibility index (Phi) is 5.13. The fraction of sp³-hybridized carbons (Fsp3) is 0.429. The number of benzene rings is 1. The SMILES string of the molecule is C/C=C(\I)CN1CC[C@]23c4ccccc4N(C(=O)C(F)(F)F)[C@H]2C(C=O)=CC[C@H]13. The number of fused-ring (bicyclic) bond motifs is 1. The van der Waals surface area contributed by atoms with E-state index in [1.807, 2.05) is 19.1 Å². The van der Waals surface area contributed by atoms with Gasteiger partial charge in [-0.3, -0.25) is 19.4 Å². The lowest BCUT2D eigenvalue weighted by Crippen LogP contribution is -2.58. The summed E-state index contributed by atoms with van der Waals surface area (Å²) in [6.07, 6.45) is 0.493. The lowest BCUT2D eigenvalue weighted by molar-refractivity contribution is -0.171. The van der Waals surface area contributed by atoms with Gasteiger partial charge in [0, 0.05) is 32.8 Å². The summed E-state index contributed by atoms with van der Waals surface area (Å²) in [5.41, 5.74) is 0.547. The number of amides is 1. The van der Waals surface area contributed by atoms with E-state index in [0.717, 1.165) is 14.0 Å². The molecule has 0 bridgehead atoms. The number of anilines is 1. The van der Waals surface area contributed by atoms with Crippen LogP contribution in [0.1, 0.15) is 25.3 Å². The molecule has 8 heteroatoms. The molecule has 1 aromatic carbocycles. The summed E-state index contributed by atoms with van der Waals surface area (Å²) in [5.74, 6) is -1.92. The van der Waals surface area contributed by atoms with Gasteiger partial charge in [0.1, 0.15) is 6.29 Å². The van der Waals surface area contributed by atoms with E-state index in [9.17, 15) is 22.8 Å². The van der Waals surface area contributed by atoms with E-state index in [0.29, 0.717) is 32.2 Å². The number of hydrogen-bond acceptors (Lipinski definition) is 3. The zero-order valence-corrected chi connectivity index (χ0v) is 17.9. The van der Waals surface area contributed by atoms with Crippen LogP contribution in [0.4, 0.5) is 18.9 Å². The van der Waals surface area contributed by atoms with Crippen molar-refractivity contribution in [3.8, 4) is 0 Å². The van der Waals surface area contributed by atoms with Crippen molar-refractivity contribution in [3.63, 3.8) is 0 Å². The molecule has 0 radical (unpaired) electrons. The molecule has 2 aliphatic heterocycles. The van der Waals surface area contributed by atoms with Crippen LogP contribution < -0.4 is 4.90 Å². The van der Waals surface area contributed by atoms with Gasteiger partial charge in [-0.05, 0) is 60.5 Å². The number of alkyl halides is 3. The average Bonchev–Trinajstić information content (AvgIpc) is 3.21. The first kappa shape index (κ1) is 20.6. The van der Waals surface area contributed by atoms with Gasteiger partial charge in [0.25, 0.3) is 0 Å². The number of rotatable bonds is 3. The van der Waals surface area contributed by atoms with E-state index < -0.39 is 23.5 Å². The molecule has 1 aromatic rings. The first-order valence-corrected chi connectivity index (χ1v) is 10.5. The van der Waals surface area contributed by atoms with Gasteiger partial charge in [-0.2, -0.15) is 13.2 Å². The minimum atomic E-state index is -5.02. The smallest absolute Gasteiger partial charge is 0.298 e. The largest absolute Gasteiger partial charge is 0.471 e. The molecule has 29 heavy (non-hydrogen) atoms. The van der Waals surface area contributed by atoms with Crippen LogP contribution in [0, 0.1) is 0 Å². The van der Waals surface area contributed by atoms with Gasteiger partial charge in [-0.25, -0.2) is 0 Å². The van der Waals surface area contributed by atoms with Crippen molar-refractivity contribution in [2.24, 2.45) is 0 Å². The summed E-state index contributed by atoms with van der Waals surface area (Å²) in [6, 6.07) is 5.80. The molecule has 1 amide bonds. The number of halogens is 4. The summed E-state index contributed by atoms with van der Waals surface area (Å²) in [5, 5.41) is 0. The Balaban J connectivity index is 1.90. The molecule has 0 saturated carbocycles. The van der Waals surface area contributed by atoms with Crippen molar-refractivity contribution < 1.29 is 22.8 Å². The third-order valence-electron chi connectivity index (χ3n) is 6.42. The summed E-state index contributed by atoms with van der Waals surface area (Å²) >= 11 is 2.27. The average molecular weight is 516 g/mol. The van der Waals surface area contributed by atoms with Crippen LogP contribution in [0.5, 0.6) is 0 Å². The second-order valence-corrected chi connectivity index (χ2v) is 9.05. The molecule has 1 fully saturated rings. The molecule has 4 nitrogen and oxygen atoms in total. The minimum absolute atomic E-state index is 0.0758. The summed E-state index contributed by atoms with van der Waals surface area (Å²) in [4.78, 5) is 27.4. The Bertz CT molecular complexity index is 927. The van der Waals surface area contributed by atoms with Crippen LogP contribution in [-0.4, -0.2) is 48.4 Å². The van der Waals surface area contributed by atoms with Crippen molar-refractivity contribution in [1.29, 1.82) is 0 Å². The minimum Gasteiger partial charge on any atom is -0.298 e. The van der Waals surface area contributed by atoms with E-state index >= 15 is 0 Å². The molecule has 1 aliphatic carbocycles. The standard InChI is InChI=1S/C21H20F3IN2O2/c1-2-14(25)11-26-10-9-20-15-5-3-4-6-16(15)27(19(29)21(22,23)24)18(20)13(12-28)7-8-17(20)26/h2-7,12,17-18H,8-11H2,1H3/b14-2-/t17-,18-,20+/m0/s1. The van der Waals surface area contributed by atoms with E-state index in [-0.39, 0.29) is 17.3 Å². The van der Waals surface area contributed by atoms with Crippen LogP contribution in [0.3, 0.4) is 0 Å². The Morgan fingerprint density at radius 3 is 2.72 bits per heavy atom. The molecule has 1 spiro atoms. The van der Waals surface area contributed by atoms with Gasteiger partial charge >= 0.3 is 12.1 Å². The molecule has 0 unspecified atom stereocenters. The van der Waals surface area contributed by atoms with Crippen molar-refractivity contribution >= 4 is 40.5 Å². The van der Waals surface area contributed by atoms with Gasteiger partial charge in [-0.1, -0.05) is 30.4 Å². The molecule has 154 valence electrons. The summed E-state index contributed by atoms with van der Waals surface area (Å²) < 4.78 is 41.7. The van der Waals surface area contributed by atoms with Crippen molar-refractivity contribution in [2.45, 2.75) is 43.4 Å². The van der Waals surface area contributed by atoms with Crippen LogP contribution in [0.2, 0.25) is 0 Å². The molecule has 2 heterocycles. The van der Waals surface area contributed by atoms with Gasteiger partial charge < -0.3 is 0 Å². The maximum absolute atomic E-state index is 13.5. The van der Waals surface area contributed by atoms with Gasteiger partial charge in [0.05, 0.1) is 6.04 Å². The number of para-hydroxylation sites is 1. The van der Waals surface area contributed by atoms with E-state index in [1.165, 1.54) is 0 Å². The quantitative estimate of drug-likeness (QED) is 0.448. The molecule has 1 saturated heterocycles. The molecule has 3 atom stereocenters. The normalized spacial score (nSPS) is 29.2. The van der Waals surface area contributed by atoms with E-state index in [4.69, 9.17) is 0 Å². The highest BCUT2D eigenvalue weighted by molar-refractivity contribution is 14.1. The Hall–Kier alpha value is -1.68. The predicted molar refractivity (Wildman–Crippen MR) is 112 cm³/mol. The Labute approximate surface area is 180 Å². The molecular weight excluding hydrogens is 496 g/mol. The van der Waals surface area contributed by atoms with Crippen LogP contribution >= 0.6 is 22.6 Å². The molecular formula is C21H20F3IN2O2. The fourth-order valence-corrected chi connectivity index (χ4v) is 5.76. The molecule has 4 rings (SSSR count). The van der Waals surface area contributed by atoms with E-state index in [2.05, 4.69) is 27.5 Å². The predicted octanol–water partition coefficient (Wildman–Crippen LogP) is 4.14. The van der Waals surface area contributed by atoms with Crippen LogP contribution in [0.15, 0.2) is 45.6 Å². The third kappa shape index (κ3) is 2.98. The lowest BCUT2D eigenvalue weighted by atomic mass is 9.65. The number of nitrogens with zero attached hydrogens (tertiary/aromatic N) is 2. The molecule has 0 N–H and O–H groups in total. The van der Waals surface area contributed by atoms with Crippen molar-refractivity contribution in [1.82, 2.24) is 4.90 Å². The van der Waals surface area contributed by atoms with Crippen LogP contribution in [0.25, 0.3) is 0 Å². The summed E-state index contributed by atoms with van der Waals surface area (Å²) in [7, 11) is 0. The van der Waals surface area contributed by atoms with Crippen molar-refractivity contribution in [3.05, 3.63) is 51.1 Å². The number of carbonyl (C=O) groups is 2. The van der Waals surface area contributed by atoms with Gasteiger partial charge in [0.15, 0.2) is 0 Å². The number of likely N-dealkylation sites (tertiary alicyclic amines) is 1. The molecule has 0 aromatic heterocycles. The number of carbonyl (C=O) groups excluding carboxylic acids is 2. The van der Waals surface area contributed by atoms with Gasteiger partial charge in [-0.15, -0.1) is 0 Å². The van der Waals surface area contributed by atoms with Gasteiger partial charge in [0.2, 0.25) is 0 Å². The Morgan fingerprint density at radius 2 is 2.07 bits per heavy atom. The first-order valence-electron chi connectivity index (χ1n) is 9.45. The third-order valence-corrected chi connectivity index (χ3v) is 7.38. The highest BCUT2D eigenvalue weighted by Crippen LogP contribution is 2.58. The topological polar surface area (TPSA) is 40.6 Å². The Morgan fingerprint density at radius 1 is 1.34 bits per heavy atom. The highest BCUT2D eigenvalue weighted by atomic mass is 127. The maximum atomic E-state index is 13.5. The summed E-state index contributed by atoms with van der Waals surface area (Å²) in [6.45, 7) is 3.36. The fourth-order valence-electron chi connectivity index (χ4n) is 5.32. The monoisotopic (exact) mass is 516 g/mol. The van der Waals surface area contributed by atoms with Crippen molar-refractivity contribution in [2.75, 3.05) is 18.0 Å². The van der Waals surface area contributed by atoms with Crippen LogP contribution in [-0.2, 0) is 15.0 Å². The second-order valence-electron chi connectivity index (χ2n) is 7.66. The zero-order valence-electron chi connectivity index (χ0n) is 15.7. The zero-order chi connectivity index (χ0) is 21.0. The lowest BCUT2D eigenvalue weighted by Gasteiger charge is -2.44. The molecule has 3 aliphatic rings.